The van der Waals surface area contributed by atoms with Crippen LogP contribution in [0, 0.1) is 0 Å². The highest BCUT2D eigenvalue weighted by molar-refractivity contribution is 6.10. The third-order valence-electron chi connectivity index (χ3n) is 3.78. The summed E-state index contributed by atoms with van der Waals surface area (Å²) in [5, 5.41) is 10.6. The number of ether oxygens (including phenoxy) is 1. The molecule has 0 aliphatic heterocycles. The molecular formula is C18H14F3NO3. The molecule has 0 saturated carbocycles. The molecule has 0 saturated heterocycles. The molecule has 3 aromatic rings. The number of nitrogens with zero attached hydrogens (tertiary/aromatic N) is 1. The van der Waals surface area contributed by atoms with Crippen LogP contribution < -0.4 is 0 Å². The van der Waals surface area contributed by atoms with Gasteiger partial charge in [-0.1, -0.05) is 30.3 Å². The van der Waals surface area contributed by atoms with Crippen molar-refractivity contribution >= 4 is 16.9 Å². The number of phenols is 1. The zero-order valence-corrected chi connectivity index (χ0v) is 13.2. The first-order chi connectivity index (χ1) is 11.8. The molecule has 7 heteroatoms. The number of esters is 1. The van der Waals surface area contributed by atoms with E-state index in [9.17, 15) is 23.1 Å². The van der Waals surface area contributed by atoms with Crippen molar-refractivity contribution in [1.29, 1.82) is 0 Å². The predicted octanol–water partition coefficient (Wildman–Crippen LogP) is 4.27. The Morgan fingerprint density at radius 2 is 1.84 bits per heavy atom. The second-order valence-corrected chi connectivity index (χ2v) is 5.57. The van der Waals surface area contributed by atoms with Crippen LogP contribution >= 0.6 is 0 Å². The van der Waals surface area contributed by atoms with E-state index in [1.54, 1.807) is 23.9 Å². The second kappa shape index (κ2) is 6.16. The minimum Gasteiger partial charge on any atom is -0.507 e. The highest BCUT2D eigenvalue weighted by atomic mass is 19.4. The topological polar surface area (TPSA) is 51.5 Å². The minimum absolute atomic E-state index is 0.286. The zero-order valence-electron chi connectivity index (χ0n) is 13.2. The summed E-state index contributed by atoms with van der Waals surface area (Å²) in [7, 11) is 1.65. The molecule has 0 aliphatic carbocycles. The highest BCUT2D eigenvalue weighted by Crippen LogP contribution is 2.36. The molecule has 0 amide bonds. The molecule has 25 heavy (non-hydrogen) atoms. The first-order valence-electron chi connectivity index (χ1n) is 7.38. The Balaban J connectivity index is 2.12. The lowest BCUT2D eigenvalue weighted by Crippen LogP contribution is -2.20. The number of phenolic OH excluding ortho intramolecular Hbond substituents is 1. The van der Waals surface area contributed by atoms with Gasteiger partial charge < -0.3 is 14.4 Å². The van der Waals surface area contributed by atoms with Gasteiger partial charge in [-0.05, 0) is 17.7 Å². The van der Waals surface area contributed by atoms with E-state index in [1.165, 1.54) is 6.07 Å². The third kappa shape index (κ3) is 3.31. The lowest BCUT2D eigenvalue weighted by Gasteiger charge is -2.11. The largest absolute Gasteiger partial charge is 0.507 e. The fourth-order valence-corrected chi connectivity index (χ4v) is 2.76. The van der Waals surface area contributed by atoms with Crippen LogP contribution in [0.25, 0.3) is 22.0 Å². The minimum atomic E-state index is -4.64. The lowest BCUT2D eigenvalue weighted by atomic mass is 10.0. The van der Waals surface area contributed by atoms with Crippen LogP contribution in [0.2, 0.25) is 0 Å². The molecule has 0 radical (unpaired) electrons. The van der Waals surface area contributed by atoms with Crippen molar-refractivity contribution in [2.45, 2.75) is 6.18 Å². The Hall–Kier alpha value is -2.96. The normalized spacial score (nSPS) is 11.7. The van der Waals surface area contributed by atoms with Gasteiger partial charge in [0.05, 0.1) is 5.52 Å². The molecule has 3 rings (SSSR count). The number of halogens is 3. The molecule has 1 N–H and O–H groups in total. The van der Waals surface area contributed by atoms with E-state index in [4.69, 9.17) is 0 Å². The van der Waals surface area contributed by atoms with E-state index < -0.39 is 24.5 Å². The van der Waals surface area contributed by atoms with E-state index in [1.807, 2.05) is 30.3 Å². The van der Waals surface area contributed by atoms with Gasteiger partial charge in [-0.25, -0.2) is 4.79 Å². The predicted molar refractivity (Wildman–Crippen MR) is 86.4 cm³/mol. The van der Waals surface area contributed by atoms with Gasteiger partial charge in [0.2, 0.25) is 0 Å². The van der Waals surface area contributed by atoms with Gasteiger partial charge in [0.25, 0.3) is 0 Å². The standard InChI is InChI=1S/C18H14F3NO3/c1-22-9-13(11-5-3-2-4-6-11)12-7-8-14(23)15(16(12)22)17(24)25-10-18(19,20)21/h2-9,23H,10H2,1H3. The van der Waals surface area contributed by atoms with Gasteiger partial charge in [0.15, 0.2) is 6.61 Å². The summed E-state index contributed by atoms with van der Waals surface area (Å²) < 4.78 is 42.8. The van der Waals surface area contributed by atoms with E-state index in [2.05, 4.69) is 4.74 Å². The van der Waals surface area contributed by atoms with Crippen molar-refractivity contribution in [1.82, 2.24) is 4.57 Å². The fourth-order valence-electron chi connectivity index (χ4n) is 2.76. The average Bonchev–Trinajstić information content (AvgIpc) is 2.90. The number of aromatic nitrogens is 1. The van der Waals surface area contributed by atoms with Gasteiger partial charge >= 0.3 is 12.1 Å². The summed E-state index contributed by atoms with van der Waals surface area (Å²) in [6.45, 7) is -1.71. The summed E-state index contributed by atoms with van der Waals surface area (Å²) >= 11 is 0. The average molecular weight is 349 g/mol. The Labute approximate surface area is 141 Å². The van der Waals surface area contributed by atoms with Crippen LogP contribution in [-0.2, 0) is 11.8 Å². The summed E-state index contributed by atoms with van der Waals surface area (Å²) in [6.07, 6.45) is -2.89. The molecule has 0 fully saturated rings. The molecule has 1 heterocycles. The quantitative estimate of drug-likeness (QED) is 0.719. The maximum atomic E-state index is 12.3. The van der Waals surface area contributed by atoms with Crippen LogP contribution in [-0.4, -0.2) is 28.4 Å². The Morgan fingerprint density at radius 1 is 1.16 bits per heavy atom. The molecule has 130 valence electrons. The number of alkyl halides is 3. The number of fused-ring (bicyclic) bond motifs is 1. The number of rotatable bonds is 3. The maximum Gasteiger partial charge on any atom is 0.422 e. The van der Waals surface area contributed by atoms with Gasteiger partial charge in [0.1, 0.15) is 11.3 Å². The van der Waals surface area contributed by atoms with Crippen LogP contribution in [0.15, 0.2) is 48.7 Å². The van der Waals surface area contributed by atoms with Crippen LogP contribution in [0.4, 0.5) is 13.2 Å². The van der Waals surface area contributed by atoms with Gasteiger partial charge in [-0.15, -0.1) is 0 Å². The molecule has 0 aliphatic rings. The molecule has 0 bridgehead atoms. The summed E-state index contributed by atoms with van der Waals surface area (Å²) in [6, 6.07) is 12.2. The number of benzene rings is 2. The number of aryl methyl sites for hydroxylation is 1. The Kier molecular flexibility index (Phi) is 4.16. The van der Waals surface area contributed by atoms with Gasteiger partial charge in [-0.3, -0.25) is 0 Å². The van der Waals surface area contributed by atoms with Crippen LogP contribution in [0.3, 0.4) is 0 Å². The second-order valence-electron chi connectivity index (χ2n) is 5.57. The number of carbonyl (C=O) groups is 1. The van der Waals surface area contributed by atoms with Crippen molar-refractivity contribution < 1.29 is 27.8 Å². The van der Waals surface area contributed by atoms with E-state index in [0.29, 0.717) is 10.9 Å². The molecule has 4 nitrogen and oxygen atoms in total. The van der Waals surface area contributed by atoms with E-state index >= 15 is 0 Å². The number of hydrogen-bond donors (Lipinski definition) is 1. The molecule has 1 aromatic heterocycles. The Morgan fingerprint density at radius 3 is 2.48 bits per heavy atom. The monoisotopic (exact) mass is 349 g/mol. The van der Waals surface area contributed by atoms with Crippen molar-refractivity contribution in [2.24, 2.45) is 7.05 Å². The SMILES string of the molecule is Cn1cc(-c2ccccc2)c2ccc(O)c(C(=O)OCC(F)(F)F)c21. The molecule has 0 atom stereocenters. The van der Waals surface area contributed by atoms with Crippen molar-refractivity contribution in [2.75, 3.05) is 6.61 Å². The number of aromatic hydroxyl groups is 1. The summed E-state index contributed by atoms with van der Waals surface area (Å²) in [4.78, 5) is 12.1. The highest BCUT2D eigenvalue weighted by Gasteiger charge is 2.31. The van der Waals surface area contributed by atoms with Crippen LogP contribution in [0.1, 0.15) is 10.4 Å². The molecule has 0 unspecified atom stereocenters. The van der Waals surface area contributed by atoms with Gasteiger partial charge in [0, 0.05) is 24.2 Å². The third-order valence-corrected chi connectivity index (χ3v) is 3.78. The molecule has 2 aromatic carbocycles. The van der Waals surface area contributed by atoms with Gasteiger partial charge in [-0.2, -0.15) is 13.2 Å². The maximum absolute atomic E-state index is 12.3. The number of carbonyl (C=O) groups excluding carboxylic acids is 1. The fraction of sp³-hybridized carbons (Fsp3) is 0.167. The Bertz CT molecular complexity index is 930. The summed E-state index contributed by atoms with van der Waals surface area (Å²) in [5.41, 5.74) is 1.70. The lowest BCUT2D eigenvalue weighted by molar-refractivity contribution is -0.161. The molecule has 0 spiro atoms. The first kappa shape index (κ1) is 16.9. The number of hydrogen-bond acceptors (Lipinski definition) is 3. The smallest absolute Gasteiger partial charge is 0.422 e. The van der Waals surface area contributed by atoms with Crippen molar-refractivity contribution in [3.05, 3.63) is 54.2 Å². The first-order valence-corrected chi connectivity index (χ1v) is 7.38. The molecular weight excluding hydrogens is 335 g/mol. The van der Waals surface area contributed by atoms with Crippen molar-refractivity contribution in [3.63, 3.8) is 0 Å². The summed E-state index contributed by atoms with van der Waals surface area (Å²) in [5.74, 6) is -1.65. The van der Waals surface area contributed by atoms with E-state index in [-0.39, 0.29) is 5.56 Å². The zero-order chi connectivity index (χ0) is 18.2. The van der Waals surface area contributed by atoms with Crippen molar-refractivity contribution in [3.8, 4) is 16.9 Å². The van der Waals surface area contributed by atoms with Crippen LogP contribution in [0.5, 0.6) is 5.75 Å². The van der Waals surface area contributed by atoms with E-state index in [0.717, 1.165) is 11.1 Å².